The zero-order valence-corrected chi connectivity index (χ0v) is 11.6. The first-order valence-electron chi connectivity index (χ1n) is 5.48. The standard InChI is InChI=1S/C9H3F15O3/c1-2(10)3(11,12)26-5(14,7(18,19)20)9(23,24)27-4(13,6(15,16)17)8(21,22)25/h25H,1H2. The summed E-state index contributed by atoms with van der Waals surface area (Å²) >= 11 is 0. The van der Waals surface area contributed by atoms with Crippen molar-refractivity contribution >= 4 is 0 Å². The van der Waals surface area contributed by atoms with Gasteiger partial charge in [-0.05, 0) is 0 Å². The van der Waals surface area contributed by atoms with E-state index in [1.165, 1.54) is 4.74 Å². The highest BCUT2D eigenvalue weighted by Crippen LogP contribution is 2.55. The Kier molecular flexibility index (Phi) is 6.22. The van der Waals surface area contributed by atoms with Crippen molar-refractivity contribution in [2.45, 2.75) is 42.4 Å². The zero-order valence-electron chi connectivity index (χ0n) is 11.6. The highest BCUT2D eigenvalue weighted by atomic mass is 19.4. The van der Waals surface area contributed by atoms with Gasteiger partial charge in [0.2, 0.25) is 0 Å². The van der Waals surface area contributed by atoms with E-state index in [-0.39, 0.29) is 0 Å². The lowest BCUT2D eigenvalue weighted by atomic mass is 10.2. The minimum Gasteiger partial charge on any atom is -0.331 e. The summed E-state index contributed by atoms with van der Waals surface area (Å²) in [7, 11) is 0. The molecule has 0 saturated carbocycles. The van der Waals surface area contributed by atoms with Crippen molar-refractivity contribution in [3.8, 4) is 0 Å². The van der Waals surface area contributed by atoms with Gasteiger partial charge in [0.15, 0.2) is 5.83 Å². The predicted octanol–water partition coefficient (Wildman–Crippen LogP) is 4.73. The molecule has 18 heteroatoms. The van der Waals surface area contributed by atoms with E-state index in [9.17, 15) is 65.9 Å². The van der Waals surface area contributed by atoms with Crippen molar-refractivity contribution in [3.63, 3.8) is 0 Å². The highest BCUT2D eigenvalue weighted by molar-refractivity contribution is 4.98. The Labute approximate surface area is 136 Å². The maximum Gasteiger partial charge on any atom is 0.458 e. The van der Waals surface area contributed by atoms with Crippen LogP contribution in [0.2, 0.25) is 0 Å². The molecule has 0 aromatic carbocycles. The van der Waals surface area contributed by atoms with Crippen molar-refractivity contribution < 1.29 is 80.4 Å². The molecule has 0 aromatic rings. The molecule has 0 aromatic heterocycles. The van der Waals surface area contributed by atoms with Gasteiger partial charge in [-0.2, -0.15) is 61.5 Å². The summed E-state index contributed by atoms with van der Waals surface area (Å²) in [5, 5.41) is 7.67. The zero-order chi connectivity index (χ0) is 22.5. The number of hydrogen-bond donors (Lipinski definition) is 1. The largest absolute Gasteiger partial charge is 0.458 e. The summed E-state index contributed by atoms with van der Waals surface area (Å²) in [4.78, 5) is 0. The van der Waals surface area contributed by atoms with E-state index in [0.717, 1.165) is 0 Å². The number of aliphatic hydroxyl groups is 1. The van der Waals surface area contributed by atoms with Crippen molar-refractivity contribution in [2.24, 2.45) is 0 Å². The van der Waals surface area contributed by atoms with Crippen LogP contribution in [0.5, 0.6) is 0 Å². The van der Waals surface area contributed by atoms with Gasteiger partial charge in [-0.1, -0.05) is 6.58 Å². The van der Waals surface area contributed by atoms with Crippen molar-refractivity contribution in [1.82, 2.24) is 0 Å². The van der Waals surface area contributed by atoms with Crippen LogP contribution in [0.4, 0.5) is 65.9 Å². The smallest absolute Gasteiger partial charge is 0.331 e. The van der Waals surface area contributed by atoms with Gasteiger partial charge in [-0.3, -0.25) is 9.47 Å². The molecule has 162 valence electrons. The van der Waals surface area contributed by atoms with Crippen LogP contribution in [0.15, 0.2) is 12.4 Å². The molecule has 27 heavy (non-hydrogen) atoms. The van der Waals surface area contributed by atoms with Gasteiger partial charge in [0, 0.05) is 0 Å². The molecule has 0 radical (unpaired) electrons. The molecule has 1 N–H and O–H groups in total. The molecular formula is C9H3F15O3. The minimum atomic E-state index is -7.71. The van der Waals surface area contributed by atoms with E-state index >= 15 is 0 Å². The fourth-order valence-electron chi connectivity index (χ4n) is 1.05. The van der Waals surface area contributed by atoms with Crippen LogP contribution in [0.1, 0.15) is 0 Å². The molecule has 0 fully saturated rings. The Morgan fingerprint density at radius 3 is 1.19 bits per heavy atom. The minimum absolute atomic E-state index is 1.44. The van der Waals surface area contributed by atoms with E-state index in [0.29, 0.717) is 0 Å². The Morgan fingerprint density at radius 1 is 0.630 bits per heavy atom. The second kappa shape index (κ2) is 6.57. The molecule has 0 aliphatic carbocycles. The topological polar surface area (TPSA) is 38.7 Å². The molecule has 0 amide bonds. The van der Waals surface area contributed by atoms with E-state index in [2.05, 4.69) is 0 Å². The third kappa shape index (κ3) is 4.53. The average Bonchev–Trinajstić information content (AvgIpc) is 2.32. The predicted molar refractivity (Wildman–Crippen MR) is 49.3 cm³/mol. The van der Waals surface area contributed by atoms with Gasteiger partial charge in [0.1, 0.15) is 0 Å². The van der Waals surface area contributed by atoms with Crippen LogP contribution < -0.4 is 0 Å². The van der Waals surface area contributed by atoms with Gasteiger partial charge >= 0.3 is 42.4 Å². The second-order valence-electron chi connectivity index (χ2n) is 4.37. The van der Waals surface area contributed by atoms with E-state index < -0.39 is 48.2 Å². The summed E-state index contributed by atoms with van der Waals surface area (Å²) in [6.07, 6.45) is -36.2. The van der Waals surface area contributed by atoms with E-state index in [1.54, 1.807) is 11.3 Å². The number of hydrogen-bond acceptors (Lipinski definition) is 3. The maximum absolute atomic E-state index is 13.5. The van der Waals surface area contributed by atoms with Gasteiger partial charge < -0.3 is 5.11 Å². The summed E-state index contributed by atoms with van der Waals surface area (Å²) < 4.78 is 192. The SMILES string of the molecule is C=C(F)C(F)(F)OC(F)(C(F)(F)F)C(F)(F)OC(F)(C(O)(F)F)C(F)(F)F. The molecule has 2 unspecified atom stereocenters. The molecular weight excluding hydrogens is 441 g/mol. The number of ether oxygens (including phenoxy) is 2. The fourth-order valence-corrected chi connectivity index (χ4v) is 1.05. The van der Waals surface area contributed by atoms with Crippen LogP contribution in [0.25, 0.3) is 0 Å². The lowest BCUT2D eigenvalue weighted by Crippen LogP contribution is -2.67. The Morgan fingerprint density at radius 2 is 0.963 bits per heavy atom. The van der Waals surface area contributed by atoms with Crippen molar-refractivity contribution in [1.29, 1.82) is 0 Å². The van der Waals surface area contributed by atoms with Crippen LogP contribution in [0, 0.1) is 0 Å². The van der Waals surface area contributed by atoms with Gasteiger partial charge in [0.25, 0.3) is 0 Å². The normalized spacial score (nSPS) is 19.4. The molecule has 3 nitrogen and oxygen atoms in total. The van der Waals surface area contributed by atoms with E-state index in [4.69, 9.17) is 5.11 Å². The van der Waals surface area contributed by atoms with E-state index in [1.807, 2.05) is 0 Å². The third-order valence-corrected chi connectivity index (χ3v) is 2.34. The van der Waals surface area contributed by atoms with Gasteiger partial charge in [-0.15, -0.1) is 0 Å². The lowest BCUT2D eigenvalue weighted by molar-refractivity contribution is -0.555. The van der Waals surface area contributed by atoms with Crippen molar-refractivity contribution in [3.05, 3.63) is 12.4 Å². The lowest BCUT2D eigenvalue weighted by Gasteiger charge is -2.39. The number of rotatable bonds is 7. The molecule has 0 bridgehead atoms. The first-order valence-corrected chi connectivity index (χ1v) is 5.48. The van der Waals surface area contributed by atoms with Crippen LogP contribution in [-0.4, -0.2) is 47.5 Å². The average molecular weight is 444 g/mol. The molecule has 0 rings (SSSR count). The molecule has 0 aliphatic rings. The number of alkyl halides is 14. The Bertz CT molecular complexity index is 544. The highest BCUT2D eigenvalue weighted by Gasteiger charge is 2.84. The second-order valence-corrected chi connectivity index (χ2v) is 4.37. The maximum atomic E-state index is 13.5. The fraction of sp³-hybridized carbons (Fsp3) is 0.778. The van der Waals surface area contributed by atoms with Crippen LogP contribution in [-0.2, 0) is 9.47 Å². The first kappa shape index (κ1) is 25.6. The van der Waals surface area contributed by atoms with Crippen molar-refractivity contribution in [2.75, 3.05) is 0 Å². The Balaban J connectivity index is 6.47. The third-order valence-electron chi connectivity index (χ3n) is 2.34. The molecule has 0 spiro atoms. The van der Waals surface area contributed by atoms with Crippen LogP contribution >= 0.6 is 0 Å². The van der Waals surface area contributed by atoms with Gasteiger partial charge in [0.05, 0.1) is 0 Å². The first-order chi connectivity index (χ1) is 11.4. The summed E-state index contributed by atoms with van der Waals surface area (Å²) in [6.45, 7) is 1.55. The Hall–Kier alpha value is -1.43. The summed E-state index contributed by atoms with van der Waals surface area (Å²) in [6, 6.07) is 0. The summed E-state index contributed by atoms with van der Waals surface area (Å²) in [5.74, 6) is -18.4. The molecule has 0 aliphatic heterocycles. The molecule has 2 atom stereocenters. The molecule has 0 saturated heterocycles. The monoisotopic (exact) mass is 444 g/mol. The van der Waals surface area contributed by atoms with Crippen LogP contribution in [0.3, 0.4) is 0 Å². The summed E-state index contributed by atoms with van der Waals surface area (Å²) in [5.41, 5.74) is 0. The molecule has 0 heterocycles. The van der Waals surface area contributed by atoms with Gasteiger partial charge in [-0.25, -0.2) is 4.39 Å². The number of halogens is 15. The quantitative estimate of drug-likeness (QED) is 0.578.